The van der Waals surface area contributed by atoms with Crippen LogP contribution in [0.15, 0.2) is 35.1 Å². The fourth-order valence-corrected chi connectivity index (χ4v) is 4.22. The number of piperidine rings is 1. The van der Waals surface area contributed by atoms with Crippen LogP contribution in [0.5, 0.6) is 5.19 Å². The van der Waals surface area contributed by atoms with Gasteiger partial charge in [-0.1, -0.05) is 17.4 Å². The van der Waals surface area contributed by atoms with E-state index < -0.39 is 5.82 Å². The van der Waals surface area contributed by atoms with Crippen molar-refractivity contribution < 1.29 is 9.13 Å². The monoisotopic (exact) mass is 408 g/mol. The number of hydrogen-bond donors (Lipinski definition) is 0. The van der Waals surface area contributed by atoms with Crippen molar-refractivity contribution in [1.29, 1.82) is 0 Å². The van der Waals surface area contributed by atoms with Gasteiger partial charge in [0.1, 0.15) is 6.10 Å². The van der Waals surface area contributed by atoms with Gasteiger partial charge in [0, 0.05) is 30.4 Å². The molecule has 1 aliphatic rings. The highest BCUT2D eigenvalue weighted by molar-refractivity contribution is 9.10. The quantitative estimate of drug-likeness (QED) is 0.654. The number of rotatable bonds is 3. The van der Waals surface area contributed by atoms with Crippen LogP contribution >= 0.6 is 27.3 Å². The van der Waals surface area contributed by atoms with E-state index in [1.807, 2.05) is 23.1 Å². The third-order valence-corrected chi connectivity index (χ3v) is 5.86. The first-order valence-corrected chi connectivity index (χ1v) is 9.24. The lowest BCUT2D eigenvalue weighted by Crippen LogP contribution is -2.39. The lowest BCUT2D eigenvalue weighted by Gasteiger charge is -2.31. The average Bonchev–Trinajstić information content (AvgIpc) is 3.00. The first kappa shape index (κ1) is 15.7. The Labute approximate surface area is 150 Å². The van der Waals surface area contributed by atoms with Crippen LogP contribution < -0.4 is 9.64 Å². The van der Waals surface area contributed by atoms with E-state index in [1.54, 1.807) is 11.3 Å². The summed E-state index contributed by atoms with van der Waals surface area (Å²) in [7, 11) is 0. The lowest BCUT2D eigenvalue weighted by atomic mass is 10.1. The molecule has 24 heavy (non-hydrogen) atoms. The number of hydrogen-bond acceptors (Lipinski definition) is 6. The molecular formula is C16H14BrFN4OS. The molecule has 0 amide bonds. The number of aromatic nitrogens is 3. The van der Waals surface area contributed by atoms with Crippen LogP contribution in [0.25, 0.3) is 10.2 Å². The van der Waals surface area contributed by atoms with Gasteiger partial charge < -0.3 is 9.64 Å². The molecule has 0 radical (unpaired) electrons. The Morgan fingerprint density at radius 3 is 2.67 bits per heavy atom. The predicted molar refractivity (Wildman–Crippen MR) is 95.2 cm³/mol. The van der Waals surface area contributed by atoms with E-state index >= 15 is 0 Å². The van der Waals surface area contributed by atoms with Gasteiger partial charge in [0.2, 0.25) is 5.95 Å². The van der Waals surface area contributed by atoms with Crippen LogP contribution in [0.3, 0.4) is 0 Å². The maximum absolute atomic E-state index is 12.9. The molecule has 124 valence electrons. The van der Waals surface area contributed by atoms with Crippen molar-refractivity contribution in [3.63, 3.8) is 0 Å². The average molecular weight is 409 g/mol. The van der Waals surface area contributed by atoms with E-state index in [-0.39, 0.29) is 6.10 Å². The SMILES string of the molecule is Fc1cnc(N2CCC(Oc3nc4cccc(Br)c4s3)CC2)nc1. The van der Waals surface area contributed by atoms with Crippen molar-refractivity contribution >= 4 is 43.4 Å². The first-order valence-electron chi connectivity index (χ1n) is 7.63. The zero-order valence-electron chi connectivity index (χ0n) is 12.7. The summed E-state index contributed by atoms with van der Waals surface area (Å²) in [4.78, 5) is 14.7. The summed E-state index contributed by atoms with van der Waals surface area (Å²) in [6, 6.07) is 5.96. The molecule has 0 spiro atoms. The molecule has 4 rings (SSSR count). The Balaban J connectivity index is 1.40. The van der Waals surface area contributed by atoms with E-state index in [2.05, 4.69) is 30.9 Å². The number of halogens is 2. The molecule has 0 atom stereocenters. The Morgan fingerprint density at radius 2 is 1.96 bits per heavy atom. The van der Waals surface area contributed by atoms with E-state index in [0.29, 0.717) is 11.1 Å². The molecule has 0 N–H and O–H groups in total. The summed E-state index contributed by atoms with van der Waals surface area (Å²) in [6.45, 7) is 1.57. The highest BCUT2D eigenvalue weighted by Gasteiger charge is 2.23. The van der Waals surface area contributed by atoms with Gasteiger partial charge in [-0.2, -0.15) is 0 Å². The van der Waals surface area contributed by atoms with Crippen molar-refractivity contribution in [2.75, 3.05) is 18.0 Å². The Bertz CT molecular complexity index is 849. The number of anilines is 1. The van der Waals surface area contributed by atoms with E-state index in [1.165, 1.54) is 12.4 Å². The first-order chi connectivity index (χ1) is 11.7. The molecule has 0 unspecified atom stereocenters. The standard InChI is InChI=1S/C16H14BrFN4OS/c17-12-2-1-3-13-14(12)24-16(21-13)23-11-4-6-22(7-5-11)15-19-8-10(18)9-20-15/h1-3,8-9,11H,4-7H2. The van der Waals surface area contributed by atoms with Crippen LogP contribution in [-0.4, -0.2) is 34.1 Å². The summed E-state index contributed by atoms with van der Waals surface area (Å²) >= 11 is 5.10. The molecule has 2 aromatic heterocycles. The number of ether oxygens (including phenoxy) is 1. The maximum atomic E-state index is 12.9. The van der Waals surface area contributed by atoms with Gasteiger partial charge in [0.25, 0.3) is 5.19 Å². The van der Waals surface area contributed by atoms with Gasteiger partial charge in [-0.05, 0) is 28.1 Å². The second-order valence-corrected chi connectivity index (χ2v) is 7.39. The van der Waals surface area contributed by atoms with Crippen LogP contribution in [-0.2, 0) is 0 Å². The van der Waals surface area contributed by atoms with Crippen LogP contribution in [0, 0.1) is 5.82 Å². The molecule has 0 aliphatic carbocycles. The van der Waals surface area contributed by atoms with Crippen LogP contribution in [0.1, 0.15) is 12.8 Å². The number of benzene rings is 1. The third kappa shape index (κ3) is 3.21. The smallest absolute Gasteiger partial charge is 0.274 e. The molecule has 1 saturated heterocycles. The van der Waals surface area contributed by atoms with Crippen molar-refractivity contribution in [2.45, 2.75) is 18.9 Å². The summed E-state index contributed by atoms with van der Waals surface area (Å²) in [5.74, 6) is 0.151. The minimum absolute atomic E-state index is 0.126. The third-order valence-electron chi connectivity index (χ3n) is 3.95. The molecule has 1 aromatic carbocycles. The fraction of sp³-hybridized carbons (Fsp3) is 0.312. The zero-order chi connectivity index (χ0) is 16.5. The minimum atomic E-state index is -0.418. The second kappa shape index (κ2) is 6.60. The minimum Gasteiger partial charge on any atom is -0.467 e. The van der Waals surface area contributed by atoms with Gasteiger partial charge in [-0.25, -0.2) is 19.3 Å². The molecule has 0 bridgehead atoms. The summed E-state index contributed by atoms with van der Waals surface area (Å²) in [5.41, 5.74) is 0.946. The van der Waals surface area contributed by atoms with Gasteiger partial charge in [0.05, 0.1) is 22.6 Å². The number of fused-ring (bicyclic) bond motifs is 1. The summed E-state index contributed by atoms with van der Waals surface area (Å²) in [5, 5.41) is 0.702. The molecule has 1 fully saturated rings. The highest BCUT2D eigenvalue weighted by Crippen LogP contribution is 2.34. The normalized spacial score (nSPS) is 15.8. The zero-order valence-corrected chi connectivity index (χ0v) is 15.1. The lowest BCUT2D eigenvalue weighted by molar-refractivity contribution is 0.170. The molecular weight excluding hydrogens is 395 g/mol. The highest BCUT2D eigenvalue weighted by atomic mass is 79.9. The van der Waals surface area contributed by atoms with Crippen molar-refractivity contribution in [1.82, 2.24) is 15.0 Å². The van der Waals surface area contributed by atoms with E-state index in [9.17, 15) is 4.39 Å². The van der Waals surface area contributed by atoms with Gasteiger partial charge in [0.15, 0.2) is 5.82 Å². The predicted octanol–water partition coefficient (Wildman–Crippen LogP) is 4.04. The maximum Gasteiger partial charge on any atom is 0.274 e. The Morgan fingerprint density at radius 1 is 1.21 bits per heavy atom. The van der Waals surface area contributed by atoms with Crippen molar-refractivity contribution in [3.8, 4) is 5.19 Å². The molecule has 5 nitrogen and oxygen atoms in total. The van der Waals surface area contributed by atoms with E-state index in [0.717, 1.165) is 40.6 Å². The Hall–Kier alpha value is -1.80. The summed E-state index contributed by atoms with van der Waals surface area (Å²) in [6.07, 6.45) is 4.24. The van der Waals surface area contributed by atoms with Gasteiger partial charge in [-0.15, -0.1) is 0 Å². The van der Waals surface area contributed by atoms with E-state index in [4.69, 9.17) is 4.74 Å². The van der Waals surface area contributed by atoms with Gasteiger partial charge >= 0.3 is 0 Å². The molecule has 3 aromatic rings. The molecule has 3 heterocycles. The molecule has 8 heteroatoms. The largest absolute Gasteiger partial charge is 0.467 e. The Kier molecular flexibility index (Phi) is 4.32. The topological polar surface area (TPSA) is 51.1 Å². The fourth-order valence-electron chi connectivity index (χ4n) is 2.73. The summed E-state index contributed by atoms with van der Waals surface area (Å²) < 4.78 is 21.1. The second-order valence-electron chi connectivity index (χ2n) is 5.57. The number of thiazole rings is 1. The van der Waals surface area contributed by atoms with Crippen LogP contribution in [0.2, 0.25) is 0 Å². The van der Waals surface area contributed by atoms with Crippen molar-refractivity contribution in [2.24, 2.45) is 0 Å². The van der Waals surface area contributed by atoms with Crippen LogP contribution in [0.4, 0.5) is 10.3 Å². The molecule has 0 saturated carbocycles. The number of nitrogens with zero attached hydrogens (tertiary/aromatic N) is 4. The van der Waals surface area contributed by atoms with Gasteiger partial charge in [-0.3, -0.25) is 0 Å². The van der Waals surface area contributed by atoms with Crippen molar-refractivity contribution in [3.05, 3.63) is 40.9 Å². The molecule has 1 aliphatic heterocycles.